The molecule has 0 atom stereocenters. The minimum absolute atomic E-state index is 0.830. The zero-order chi connectivity index (χ0) is 33.0. The second kappa shape index (κ2) is 21.7. The molecule has 3 rings (SSSR count). The molecule has 0 fully saturated rings. The molecule has 0 spiro atoms. The second-order valence-corrected chi connectivity index (χ2v) is 13.1. The zero-order valence-corrected chi connectivity index (χ0v) is 30.5. The molecule has 250 valence electrons. The van der Waals surface area contributed by atoms with Gasteiger partial charge in [0.15, 0.2) is 12.7 Å². The Kier molecular flexibility index (Phi) is 17.7. The molecule has 0 saturated carbocycles. The summed E-state index contributed by atoms with van der Waals surface area (Å²) in [5, 5.41) is 5.19. The third-order valence-electron chi connectivity index (χ3n) is 9.50. The smallest absolute Gasteiger partial charge is 0.0910 e. The molecule has 0 aliphatic heterocycles. The summed E-state index contributed by atoms with van der Waals surface area (Å²) in [7, 11) is 0. The Balaban J connectivity index is 1.92. The van der Waals surface area contributed by atoms with Gasteiger partial charge in [-0.15, -0.1) is 0 Å². The van der Waals surface area contributed by atoms with Crippen molar-refractivity contribution in [3.05, 3.63) is 94.2 Å². The molecule has 0 unspecified atom stereocenters. The minimum atomic E-state index is 0.830. The molecule has 3 aromatic rings. The van der Waals surface area contributed by atoms with Gasteiger partial charge in [-0.1, -0.05) is 140 Å². The van der Waals surface area contributed by atoms with Crippen LogP contribution >= 0.6 is 0 Å². The van der Waals surface area contributed by atoms with Crippen molar-refractivity contribution >= 4 is 11.8 Å². The Morgan fingerprint density at radius 3 is 1.80 bits per heavy atom. The Hall–Kier alpha value is -3.00. The number of unbranched alkanes of at least 4 members (excludes halogenated alkanes) is 9. The SMILES string of the molecule is CCCCCCCCc1c(CC)cc(C=C[N+](CC)=Nc2cc(CC)c(CCCCCC)c(-c3ccccc3)c2)cc1CCCC. The van der Waals surface area contributed by atoms with Crippen LogP contribution in [0.5, 0.6) is 0 Å². The Morgan fingerprint density at radius 2 is 1.15 bits per heavy atom. The van der Waals surface area contributed by atoms with Gasteiger partial charge >= 0.3 is 0 Å². The van der Waals surface area contributed by atoms with Crippen molar-refractivity contribution < 1.29 is 4.70 Å². The van der Waals surface area contributed by atoms with Crippen LogP contribution in [0.2, 0.25) is 0 Å². The van der Waals surface area contributed by atoms with E-state index >= 15 is 0 Å². The van der Waals surface area contributed by atoms with E-state index in [-0.39, 0.29) is 0 Å². The zero-order valence-electron chi connectivity index (χ0n) is 30.5. The average molecular weight is 622 g/mol. The van der Waals surface area contributed by atoms with Crippen molar-refractivity contribution in [1.29, 1.82) is 0 Å². The van der Waals surface area contributed by atoms with E-state index in [1.54, 1.807) is 11.1 Å². The fraction of sp³-hybridized carbons (Fsp3) is 0.545. The molecule has 0 radical (unpaired) electrons. The Bertz CT molecular complexity index is 1350. The first-order valence-electron chi connectivity index (χ1n) is 19.1. The predicted molar refractivity (Wildman–Crippen MR) is 203 cm³/mol. The van der Waals surface area contributed by atoms with E-state index in [9.17, 15) is 0 Å². The monoisotopic (exact) mass is 622 g/mol. The molecule has 0 heterocycles. The second-order valence-electron chi connectivity index (χ2n) is 13.1. The standard InChI is InChI=1S/C44H65N2/c1-7-13-16-18-19-24-28-42-37(10-4)32-36(33-40(42)25-15-9-3)30-31-46(12-6)45-41-34-38(11-5)43(29-23-17-14-8-2)44(35-41)39-26-21-20-22-27-39/h20-22,26-27,30-35H,7-19,23-25,28-29H2,1-6H3/q+1. The van der Waals surface area contributed by atoms with Crippen LogP contribution in [-0.2, 0) is 32.1 Å². The van der Waals surface area contributed by atoms with Crippen LogP contribution in [0.1, 0.15) is 152 Å². The van der Waals surface area contributed by atoms with Crippen LogP contribution in [-0.4, -0.2) is 11.2 Å². The average Bonchev–Trinajstić information content (AvgIpc) is 3.09. The van der Waals surface area contributed by atoms with Crippen LogP contribution in [0, 0.1) is 0 Å². The highest BCUT2D eigenvalue weighted by molar-refractivity contribution is 5.72. The summed E-state index contributed by atoms with van der Waals surface area (Å²) in [4.78, 5) is 0. The molecule has 2 nitrogen and oxygen atoms in total. The lowest BCUT2D eigenvalue weighted by Gasteiger charge is -2.16. The summed E-state index contributed by atoms with van der Waals surface area (Å²) in [6.45, 7) is 14.5. The largest absolute Gasteiger partial charge is 0.196 e. The molecule has 0 aromatic heterocycles. The first-order valence-corrected chi connectivity index (χ1v) is 19.1. The molecule has 0 saturated heterocycles. The molecule has 3 aromatic carbocycles. The molecule has 0 bridgehead atoms. The number of benzene rings is 3. The molecule has 0 aliphatic carbocycles. The normalized spacial score (nSPS) is 12.0. The van der Waals surface area contributed by atoms with Gasteiger partial charge in [0.05, 0.1) is 0 Å². The number of hydrogen-bond donors (Lipinski definition) is 0. The molecule has 46 heavy (non-hydrogen) atoms. The van der Waals surface area contributed by atoms with E-state index in [4.69, 9.17) is 5.11 Å². The van der Waals surface area contributed by atoms with E-state index in [1.807, 2.05) is 0 Å². The van der Waals surface area contributed by atoms with Gasteiger partial charge in [-0.2, -0.15) is 0 Å². The maximum Gasteiger partial charge on any atom is 0.196 e. The van der Waals surface area contributed by atoms with Crippen molar-refractivity contribution in [3.8, 4) is 11.1 Å². The highest BCUT2D eigenvalue weighted by Crippen LogP contribution is 2.33. The summed E-state index contributed by atoms with van der Waals surface area (Å²) in [5.74, 6) is 0. The van der Waals surface area contributed by atoms with Crippen LogP contribution < -0.4 is 0 Å². The van der Waals surface area contributed by atoms with Gasteiger partial charge in [0.1, 0.15) is 5.69 Å². The number of rotatable bonds is 22. The third kappa shape index (κ3) is 12.0. The molecular weight excluding hydrogens is 556 g/mol. The third-order valence-corrected chi connectivity index (χ3v) is 9.50. The van der Waals surface area contributed by atoms with Crippen LogP contribution in [0.25, 0.3) is 17.2 Å². The number of aryl methyl sites for hydroxylation is 3. The summed E-state index contributed by atoms with van der Waals surface area (Å²) < 4.78 is 2.12. The molecule has 0 amide bonds. The first kappa shape index (κ1) is 37.5. The van der Waals surface area contributed by atoms with Crippen molar-refractivity contribution in [1.82, 2.24) is 0 Å². The number of hydrogen-bond acceptors (Lipinski definition) is 1. The van der Waals surface area contributed by atoms with E-state index in [0.717, 1.165) is 31.5 Å². The lowest BCUT2D eigenvalue weighted by molar-refractivity contribution is -0.519. The summed E-state index contributed by atoms with van der Waals surface area (Å²) in [6.07, 6.45) is 25.9. The predicted octanol–water partition coefficient (Wildman–Crippen LogP) is 13.6. The van der Waals surface area contributed by atoms with E-state index < -0.39 is 0 Å². The quantitative estimate of drug-likeness (QED) is 0.0602. The summed E-state index contributed by atoms with van der Waals surface area (Å²) in [5.41, 5.74) is 12.7. The van der Waals surface area contributed by atoms with Gasteiger partial charge in [0.2, 0.25) is 0 Å². The summed E-state index contributed by atoms with van der Waals surface area (Å²) >= 11 is 0. The van der Waals surface area contributed by atoms with Crippen molar-refractivity contribution in [2.24, 2.45) is 5.11 Å². The van der Waals surface area contributed by atoms with Crippen LogP contribution in [0.4, 0.5) is 5.69 Å². The molecule has 0 aliphatic rings. The van der Waals surface area contributed by atoms with Gasteiger partial charge in [-0.25, -0.2) is 0 Å². The van der Waals surface area contributed by atoms with E-state index in [1.165, 1.54) is 123 Å². The molecule has 2 heteroatoms. The van der Waals surface area contributed by atoms with Crippen molar-refractivity contribution in [2.45, 2.75) is 151 Å². The van der Waals surface area contributed by atoms with Gasteiger partial charge in [0.25, 0.3) is 0 Å². The van der Waals surface area contributed by atoms with Gasteiger partial charge < -0.3 is 0 Å². The minimum Gasteiger partial charge on any atom is -0.0910 e. The fourth-order valence-electron chi connectivity index (χ4n) is 6.75. The molecular formula is C44H65N2+. The van der Waals surface area contributed by atoms with E-state index in [2.05, 4.69) is 113 Å². The van der Waals surface area contributed by atoms with Gasteiger partial charge in [-0.3, -0.25) is 0 Å². The highest BCUT2D eigenvalue weighted by Gasteiger charge is 2.14. The maximum absolute atomic E-state index is 5.19. The van der Waals surface area contributed by atoms with Gasteiger partial charge in [0, 0.05) is 6.08 Å². The first-order chi connectivity index (χ1) is 22.6. The molecule has 0 N–H and O–H groups in total. The van der Waals surface area contributed by atoms with Crippen LogP contribution in [0.15, 0.2) is 65.9 Å². The Morgan fingerprint density at radius 1 is 0.565 bits per heavy atom. The maximum atomic E-state index is 5.19. The lowest BCUT2D eigenvalue weighted by Crippen LogP contribution is -2.03. The summed E-state index contributed by atoms with van der Waals surface area (Å²) in [6, 6.07) is 20.5. The van der Waals surface area contributed by atoms with Crippen molar-refractivity contribution in [2.75, 3.05) is 6.54 Å². The topological polar surface area (TPSA) is 15.4 Å². The highest BCUT2D eigenvalue weighted by atomic mass is 15.2. The number of nitrogens with zero attached hydrogens (tertiary/aromatic N) is 2. The Labute approximate surface area is 283 Å². The van der Waals surface area contributed by atoms with Gasteiger partial charge in [-0.05, 0) is 120 Å². The number of azo groups is 2. The van der Waals surface area contributed by atoms with Crippen molar-refractivity contribution in [3.63, 3.8) is 0 Å². The van der Waals surface area contributed by atoms with E-state index in [0.29, 0.717) is 0 Å². The lowest BCUT2D eigenvalue weighted by atomic mass is 9.89. The fourth-order valence-corrected chi connectivity index (χ4v) is 6.75. The van der Waals surface area contributed by atoms with Crippen LogP contribution in [0.3, 0.4) is 0 Å².